The number of aryl methyl sites for hydroxylation is 1. The van der Waals surface area contributed by atoms with Crippen molar-refractivity contribution in [2.75, 3.05) is 6.54 Å². The first-order chi connectivity index (χ1) is 15.8. The van der Waals surface area contributed by atoms with E-state index in [1.807, 2.05) is 57.2 Å². The van der Waals surface area contributed by atoms with Crippen LogP contribution in [0, 0.1) is 6.92 Å². The van der Waals surface area contributed by atoms with Gasteiger partial charge in [-0.3, -0.25) is 14.2 Å². The normalized spacial score (nSPS) is 12.0. The predicted molar refractivity (Wildman–Crippen MR) is 134 cm³/mol. The highest BCUT2D eigenvalue weighted by molar-refractivity contribution is 6.36. The fraction of sp³-hybridized carbons (Fsp3) is 0.192. The molecule has 168 valence electrons. The topological polar surface area (TPSA) is 55.2 Å². The number of aromatic nitrogens is 2. The molecule has 1 atom stereocenters. The van der Waals surface area contributed by atoms with E-state index >= 15 is 0 Å². The zero-order chi connectivity index (χ0) is 23.7. The van der Waals surface area contributed by atoms with Gasteiger partial charge < -0.3 is 4.90 Å². The van der Waals surface area contributed by atoms with E-state index in [1.165, 1.54) is 0 Å². The van der Waals surface area contributed by atoms with Gasteiger partial charge in [0.25, 0.3) is 11.5 Å². The van der Waals surface area contributed by atoms with Gasteiger partial charge in [0.05, 0.1) is 33.2 Å². The van der Waals surface area contributed by atoms with Gasteiger partial charge in [0.15, 0.2) is 0 Å². The first kappa shape index (κ1) is 23.0. The molecule has 0 spiro atoms. The zero-order valence-corrected chi connectivity index (χ0v) is 20.1. The maximum atomic E-state index is 13.6. The van der Waals surface area contributed by atoms with Crippen molar-refractivity contribution >= 4 is 40.0 Å². The summed E-state index contributed by atoms with van der Waals surface area (Å²) in [6, 6.07) is 19.2. The fourth-order valence-electron chi connectivity index (χ4n) is 3.92. The van der Waals surface area contributed by atoms with Crippen LogP contribution in [-0.4, -0.2) is 26.9 Å². The van der Waals surface area contributed by atoms with Crippen LogP contribution in [0.2, 0.25) is 10.0 Å². The molecule has 7 heteroatoms. The Kier molecular flexibility index (Phi) is 6.54. The number of para-hydroxylation sites is 1. The number of benzene rings is 3. The van der Waals surface area contributed by atoms with Gasteiger partial charge in [0, 0.05) is 11.6 Å². The lowest BCUT2D eigenvalue weighted by atomic mass is 10.1. The highest BCUT2D eigenvalue weighted by Gasteiger charge is 2.27. The quantitative estimate of drug-likeness (QED) is 0.341. The number of rotatable bonds is 5. The molecule has 1 heterocycles. The van der Waals surface area contributed by atoms with Crippen LogP contribution in [0.15, 0.2) is 71.5 Å². The minimum Gasteiger partial charge on any atom is -0.329 e. The number of hydrogen-bond donors (Lipinski definition) is 0. The van der Waals surface area contributed by atoms with Crippen molar-refractivity contribution in [1.29, 1.82) is 0 Å². The molecule has 0 aliphatic carbocycles. The third-order valence-corrected chi connectivity index (χ3v) is 6.25. The number of amides is 1. The first-order valence-electron chi connectivity index (χ1n) is 10.7. The molecule has 1 aromatic heterocycles. The third-order valence-electron chi connectivity index (χ3n) is 5.70. The molecule has 0 saturated carbocycles. The lowest BCUT2D eigenvalue weighted by Crippen LogP contribution is -2.37. The zero-order valence-electron chi connectivity index (χ0n) is 18.5. The molecule has 1 amide bonds. The van der Waals surface area contributed by atoms with Crippen molar-refractivity contribution in [2.24, 2.45) is 0 Å². The summed E-state index contributed by atoms with van der Waals surface area (Å²) in [4.78, 5) is 33.5. The van der Waals surface area contributed by atoms with E-state index in [4.69, 9.17) is 28.2 Å². The van der Waals surface area contributed by atoms with Gasteiger partial charge in [-0.1, -0.05) is 53.0 Å². The second-order valence-corrected chi connectivity index (χ2v) is 8.70. The molecule has 3 aromatic carbocycles. The standard InChI is InChI=1S/C26H23Cl2N3O2/c1-4-30(25(32)20-14-11-18(27)15-22(20)28)17(3)24-29-23-8-6-5-7-21(23)26(33)31(24)19-12-9-16(2)10-13-19/h5-15,17H,4H2,1-3H3. The number of hydrogen-bond acceptors (Lipinski definition) is 3. The van der Waals surface area contributed by atoms with E-state index in [-0.39, 0.29) is 16.5 Å². The number of nitrogens with zero attached hydrogens (tertiary/aromatic N) is 3. The number of fused-ring (bicyclic) bond motifs is 1. The Morgan fingerprint density at radius 1 is 1.06 bits per heavy atom. The average Bonchev–Trinajstić information content (AvgIpc) is 2.80. The Bertz CT molecular complexity index is 1400. The predicted octanol–water partition coefficient (Wildman–Crippen LogP) is 6.22. The van der Waals surface area contributed by atoms with Crippen molar-refractivity contribution in [1.82, 2.24) is 14.5 Å². The van der Waals surface area contributed by atoms with Crippen LogP contribution in [0.25, 0.3) is 16.6 Å². The van der Waals surface area contributed by atoms with Crippen LogP contribution in [0.1, 0.15) is 41.6 Å². The summed E-state index contributed by atoms with van der Waals surface area (Å²) in [5.74, 6) is 0.215. The van der Waals surface area contributed by atoms with Crippen molar-refractivity contribution in [3.8, 4) is 5.69 Å². The maximum absolute atomic E-state index is 13.6. The van der Waals surface area contributed by atoms with Crippen LogP contribution in [0.5, 0.6) is 0 Å². The molecule has 1 unspecified atom stereocenters. The van der Waals surface area contributed by atoms with Gasteiger partial charge in [-0.2, -0.15) is 0 Å². The van der Waals surface area contributed by atoms with Crippen molar-refractivity contribution in [2.45, 2.75) is 26.8 Å². The highest BCUT2D eigenvalue weighted by Crippen LogP contribution is 2.28. The molecule has 4 rings (SSSR count). The summed E-state index contributed by atoms with van der Waals surface area (Å²) in [6.45, 7) is 6.14. The van der Waals surface area contributed by atoms with Crippen LogP contribution in [0.4, 0.5) is 0 Å². The summed E-state index contributed by atoms with van der Waals surface area (Å²) in [5, 5.41) is 1.25. The molecular weight excluding hydrogens is 457 g/mol. The number of halogens is 2. The van der Waals surface area contributed by atoms with Gasteiger partial charge in [0.2, 0.25) is 0 Å². The molecule has 0 saturated heterocycles. The molecule has 0 bridgehead atoms. The molecule has 5 nitrogen and oxygen atoms in total. The van der Waals surface area contributed by atoms with Gasteiger partial charge in [-0.15, -0.1) is 0 Å². The summed E-state index contributed by atoms with van der Waals surface area (Å²) in [5.41, 5.74) is 2.52. The molecule has 0 aliphatic heterocycles. The smallest absolute Gasteiger partial charge is 0.266 e. The van der Waals surface area contributed by atoms with Crippen molar-refractivity contribution in [3.63, 3.8) is 0 Å². The van der Waals surface area contributed by atoms with Crippen molar-refractivity contribution in [3.05, 3.63) is 104 Å². The Morgan fingerprint density at radius 3 is 2.42 bits per heavy atom. The van der Waals surface area contributed by atoms with E-state index in [0.717, 1.165) is 5.56 Å². The Labute approximate surface area is 202 Å². The third kappa shape index (κ3) is 4.39. The highest BCUT2D eigenvalue weighted by atomic mass is 35.5. The maximum Gasteiger partial charge on any atom is 0.266 e. The summed E-state index contributed by atoms with van der Waals surface area (Å²) < 4.78 is 1.59. The van der Waals surface area contributed by atoms with E-state index in [9.17, 15) is 9.59 Å². The summed E-state index contributed by atoms with van der Waals surface area (Å²) in [7, 11) is 0. The number of carbonyl (C=O) groups is 1. The van der Waals surface area contributed by atoms with Crippen LogP contribution >= 0.6 is 23.2 Å². The van der Waals surface area contributed by atoms with Gasteiger partial charge in [0.1, 0.15) is 5.82 Å². The van der Waals surface area contributed by atoms with Crippen LogP contribution in [0.3, 0.4) is 0 Å². The molecule has 33 heavy (non-hydrogen) atoms. The van der Waals surface area contributed by atoms with E-state index in [2.05, 4.69) is 0 Å². The minimum absolute atomic E-state index is 0.181. The molecule has 0 radical (unpaired) electrons. The van der Waals surface area contributed by atoms with Crippen LogP contribution < -0.4 is 5.56 Å². The lowest BCUT2D eigenvalue weighted by Gasteiger charge is -2.30. The van der Waals surface area contributed by atoms with E-state index in [0.29, 0.717) is 39.5 Å². The monoisotopic (exact) mass is 479 g/mol. The molecule has 4 aromatic rings. The summed E-state index contributed by atoms with van der Waals surface area (Å²) >= 11 is 12.3. The number of carbonyl (C=O) groups excluding carboxylic acids is 1. The minimum atomic E-state index is -0.507. The molecule has 0 N–H and O–H groups in total. The van der Waals surface area contributed by atoms with Gasteiger partial charge in [-0.05, 0) is 63.2 Å². The fourth-order valence-corrected chi connectivity index (χ4v) is 4.41. The van der Waals surface area contributed by atoms with Crippen LogP contribution in [-0.2, 0) is 0 Å². The van der Waals surface area contributed by atoms with Gasteiger partial charge >= 0.3 is 0 Å². The summed E-state index contributed by atoms with van der Waals surface area (Å²) in [6.07, 6.45) is 0. The molecular formula is C26H23Cl2N3O2. The first-order valence-corrected chi connectivity index (χ1v) is 11.4. The SMILES string of the molecule is CCN(C(=O)c1ccc(Cl)cc1Cl)C(C)c1nc2ccccc2c(=O)n1-c1ccc(C)cc1. The Hall–Kier alpha value is -3.15. The van der Waals surface area contributed by atoms with E-state index in [1.54, 1.807) is 39.8 Å². The molecule has 0 fully saturated rings. The second kappa shape index (κ2) is 9.38. The lowest BCUT2D eigenvalue weighted by molar-refractivity contribution is 0.0693. The average molecular weight is 480 g/mol. The molecule has 0 aliphatic rings. The largest absolute Gasteiger partial charge is 0.329 e. The van der Waals surface area contributed by atoms with Gasteiger partial charge in [-0.25, -0.2) is 4.98 Å². The Balaban J connectivity index is 1.89. The second-order valence-electron chi connectivity index (χ2n) is 7.85. The Morgan fingerprint density at radius 2 is 1.76 bits per heavy atom. The van der Waals surface area contributed by atoms with Crippen molar-refractivity contribution < 1.29 is 4.79 Å². The van der Waals surface area contributed by atoms with E-state index < -0.39 is 6.04 Å².